The molecule has 0 unspecified atom stereocenters. The molecule has 1 rings (SSSR count). The molecule has 3 heteroatoms. The first kappa shape index (κ1) is 9.03. The number of hydrogen-bond donors (Lipinski definition) is 2. The highest BCUT2D eigenvalue weighted by atomic mass is 16.6. The van der Waals surface area contributed by atoms with E-state index in [4.69, 9.17) is 0 Å². The van der Waals surface area contributed by atoms with Crippen LogP contribution in [0.3, 0.4) is 0 Å². The predicted octanol–water partition coefficient (Wildman–Crippen LogP) is 1.35. The fourth-order valence-corrected chi connectivity index (χ4v) is 0.920. The maximum atomic E-state index is 9.33. The van der Waals surface area contributed by atoms with Gasteiger partial charge in [-0.3, -0.25) is 0 Å². The van der Waals surface area contributed by atoms with Crippen molar-refractivity contribution in [2.24, 2.45) is 0 Å². The molecule has 0 heterocycles. The van der Waals surface area contributed by atoms with E-state index in [0.29, 0.717) is 12.3 Å². The third kappa shape index (κ3) is 2.22. The largest absolute Gasteiger partial charge is 0.508 e. The number of aryl methyl sites for hydroxylation is 1. The van der Waals surface area contributed by atoms with Crippen LogP contribution in [0, 0.1) is 6.92 Å². The molecule has 0 bridgehead atoms. The van der Waals surface area contributed by atoms with Gasteiger partial charge >= 0.3 is 0 Å². The van der Waals surface area contributed by atoms with E-state index in [9.17, 15) is 5.11 Å². The van der Waals surface area contributed by atoms with Gasteiger partial charge in [-0.1, -0.05) is 12.1 Å². The predicted molar refractivity (Wildman–Crippen MR) is 46.7 cm³/mol. The Bertz CT molecular complexity index is 261. The molecule has 0 saturated carbocycles. The molecule has 66 valence electrons. The quantitative estimate of drug-likeness (QED) is 0.668. The Morgan fingerprint density at radius 2 is 2.25 bits per heavy atom. The molecule has 1 aromatic carbocycles. The number of rotatable bonds is 3. The van der Waals surface area contributed by atoms with Crippen molar-refractivity contribution < 1.29 is 9.94 Å². The van der Waals surface area contributed by atoms with Gasteiger partial charge in [-0.05, 0) is 24.1 Å². The summed E-state index contributed by atoms with van der Waals surface area (Å²) in [6.07, 6.45) is 0. The highest BCUT2D eigenvalue weighted by Crippen LogP contribution is 2.16. The number of phenols is 1. The van der Waals surface area contributed by atoms with Crippen molar-refractivity contribution in [2.45, 2.75) is 13.5 Å². The molecule has 0 amide bonds. The zero-order chi connectivity index (χ0) is 8.97. The molecular weight excluding hydrogens is 154 g/mol. The van der Waals surface area contributed by atoms with Crippen molar-refractivity contribution >= 4 is 0 Å². The number of nitrogens with one attached hydrogen (secondary N) is 1. The standard InChI is InChI=1S/C9H13NO2/c1-7-3-4-8(5-9(7)11)6-10-12-2/h3-5,10-11H,6H2,1-2H3. The van der Waals surface area contributed by atoms with Gasteiger partial charge < -0.3 is 9.94 Å². The minimum Gasteiger partial charge on any atom is -0.508 e. The Labute approximate surface area is 71.9 Å². The van der Waals surface area contributed by atoms with Crippen LogP contribution in [0.2, 0.25) is 0 Å². The van der Waals surface area contributed by atoms with Gasteiger partial charge in [0.1, 0.15) is 5.75 Å². The lowest BCUT2D eigenvalue weighted by atomic mass is 10.1. The number of aromatic hydroxyl groups is 1. The normalized spacial score (nSPS) is 10.2. The van der Waals surface area contributed by atoms with Crippen LogP contribution in [0.15, 0.2) is 18.2 Å². The molecule has 0 fully saturated rings. The van der Waals surface area contributed by atoms with Gasteiger partial charge in [-0.2, -0.15) is 5.48 Å². The van der Waals surface area contributed by atoms with Crippen molar-refractivity contribution in [1.29, 1.82) is 0 Å². The zero-order valence-electron chi connectivity index (χ0n) is 7.29. The Morgan fingerprint density at radius 1 is 1.50 bits per heavy atom. The highest BCUT2D eigenvalue weighted by Gasteiger charge is 1.97. The van der Waals surface area contributed by atoms with Crippen LogP contribution >= 0.6 is 0 Å². The van der Waals surface area contributed by atoms with E-state index in [1.54, 1.807) is 13.2 Å². The second-order valence-corrected chi connectivity index (χ2v) is 2.65. The summed E-state index contributed by atoms with van der Waals surface area (Å²) >= 11 is 0. The van der Waals surface area contributed by atoms with Crippen LogP contribution in [0.4, 0.5) is 0 Å². The summed E-state index contributed by atoms with van der Waals surface area (Å²) < 4.78 is 0. The van der Waals surface area contributed by atoms with E-state index < -0.39 is 0 Å². The van der Waals surface area contributed by atoms with Gasteiger partial charge in [-0.25, -0.2) is 0 Å². The summed E-state index contributed by atoms with van der Waals surface area (Å²) in [5.41, 5.74) is 4.59. The maximum absolute atomic E-state index is 9.33. The molecule has 3 nitrogen and oxygen atoms in total. The SMILES string of the molecule is CONCc1ccc(C)c(O)c1. The van der Waals surface area contributed by atoms with E-state index in [1.807, 2.05) is 19.1 Å². The average molecular weight is 167 g/mol. The molecule has 0 radical (unpaired) electrons. The van der Waals surface area contributed by atoms with Crippen molar-refractivity contribution in [2.75, 3.05) is 7.11 Å². The molecular formula is C9H13NO2. The summed E-state index contributed by atoms with van der Waals surface area (Å²) in [6, 6.07) is 5.55. The molecule has 12 heavy (non-hydrogen) atoms. The zero-order valence-corrected chi connectivity index (χ0v) is 7.29. The first-order valence-corrected chi connectivity index (χ1v) is 3.78. The smallest absolute Gasteiger partial charge is 0.118 e. The number of phenolic OH excluding ortho intramolecular Hbond substituents is 1. The van der Waals surface area contributed by atoms with E-state index >= 15 is 0 Å². The minimum atomic E-state index is 0.324. The molecule has 0 aliphatic rings. The van der Waals surface area contributed by atoms with Gasteiger partial charge in [-0.15, -0.1) is 0 Å². The summed E-state index contributed by atoms with van der Waals surface area (Å²) in [7, 11) is 1.56. The summed E-state index contributed by atoms with van der Waals surface area (Å²) in [5.74, 6) is 0.324. The van der Waals surface area contributed by atoms with Crippen molar-refractivity contribution in [3.05, 3.63) is 29.3 Å². The van der Waals surface area contributed by atoms with E-state index in [0.717, 1.165) is 11.1 Å². The fraction of sp³-hybridized carbons (Fsp3) is 0.333. The number of hydroxylamine groups is 1. The van der Waals surface area contributed by atoms with Crippen LogP contribution in [0.25, 0.3) is 0 Å². The molecule has 0 aliphatic heterocycles. The first-order chi connectivity index (χ1) is 5.74. The third-order valence-corrected chi connectivity index (χ3v) is 1.69. The Balaban J connectivity index is 2.69. The van der Waals surface area contributed by atoms with Gasteiger partial charge in [0.15, 0.2) is 0 Å². The first-order valence-electron chi connectivity index (χ1n) is 3.78. The second kappa shape index (κ2) is 4.09. The lowest BCUT2D eigenvalue weighted by Crippen LogP contribution is -2.10. The molecule has 2 N–H and O–H groups in total. The van der Waals surface area contributed by atoms with Crippen LogP contribution in [0.5, 0.6) is 5.75 Å². The summed E-state index contributed by atoms with van der Waals surface area (Å²) in [5, 5.41) is 9.33. The molecule has 1 aromatic rings. The van der Waals surface area contributed by atoms with E-state index in [1.165, 1.54) is 0 Å². The van der Waals surface area contributed by atoms with Gasteiger partial charge in [0.25, 0.3) is 0 Å². The molecule has 0 saturated heterocycles. The lowest BCUT2D eigenvalue weighted by molar-refractivity contribution is 0.0867. The Kier molecular flexibility index (Phi) is 3.08. The van der Waals surface area contributed by atoms with E-state index in [-0.39, 0.29) is 0 Å². The van der Waals surface area contributed by atoms with Crippen molar-refractivity contribution in [3.63, 3.8) is 0 Å². The Morgan fingerprint density at radius 3 is 2.83 bits per heavy atom. The summed E-state index contributed by atoms with van der Waals surface area (Å²) in [6.45, 7) is 2.47. The Hall–Kier alpha value is -1.06. The van der Waals surface area contributed by atoms with Crippen LogP contribution in [-0.2, 0) is 11.4 Å². The second-order valence-electron chi connectivity index (χ2n) is 2.65. The fourth-order valence-electron chi connectivity index (χ4n) is 0.920. The van der Waals surface area contributed by atoms with Crippen LogP contribution in [0.1, 0.15) is 11.1 Å². The molecule has 0 spiro atoms. The molecule has 0 atom stereocenters. The molecule has 0 aliphatic carbocycles. The van der Waals surface area contributed by atoms with Gasteiger partial charge in [0.05, 0.1) is 7.11 Å². The number of benzene rings is 1. The average Bonchev–Trinajstić information content (AvgIpc) is 2.07. The van der Waals surface area contributed by atoms with Crippen molar-refractivity contribution in [1.82, 2.24) is 5.48 Å². The van der Waals surface area contributed by atoms with Crippen LogP contribution < -0.4 is 5.48 Å². The highest BCUT2D eigenvalue weighted by molar-refractivity contribution is 5.35. The monoisotopic (exact) mass is 167 g/mol. The van der Waals surface area contributed by atoms with E-state index in [2.05, 4.69) is 10.3 Å². The topological polar surface area (TPSA) is 41.5 Å². The van der Waals surface area contributed by atoms with Crippen LogP contribution in [-0.4, -0.2) is 12.2 Å². The molecule has 0 aromatic heterocycles. The minimum absolute atomic E-state index is 0.324. The van der Waals surface area contributed by atoms with Gasteiger partial charge in [0, 0.05) is 6.54 Å². The van der Waals surface area contributed by atoms with Crippen molar-refractivity contribution in [3.8, 4) is 5.75 Å². The lowest BCUT2D eigenvalue weighted by Gasteiger charge is -2.03. The third-order valence-electron chi connectivity index (χ3n) is 1.69. The number of hydrogen-bond acceptors (Lipinski definition) is 3. The summed E-state index contributed by atoms with van der Waals surface area (Å²) in [4.78, 5) is 4.68. The maximum Gasteiger partial charge on any atom is 0.118 e. The van der Waals surface area contributed by atoms with Gasteiger partial charge in [0.2, 0.25) is 0 Å².